The summed E-state index contributed by atoms with van der Waals surface area (Å²) in [5.41, 5.74) is 13.8. The molecule has 10 heteroatoms. The molecule has 0 bridgehead atoms. The molecular weight excluding hydrogens is 388 g/mol. The number of carbonyl (C=O) groups excluding carboxylic acids is 1. The molecule has 9 nitrogen and oxygen atoms in total. The molecule has 1 aliphatic carbocycles. The smallest absolute Gasteiger partial charge is 0.254 e. The second kappa shape index (κ2) is 8.75. The van der Waals surface area contributed by atoms with Crippen molar-refractivity contribution in [1.82, 2.24) is 9.97 Å². The summed E-state index contributed by atoms with van der Waals surface area (Å²) in [4.78, 5) is 20.6. The van der Waals surface area contributed by atoms with E-state index < -0.39 is 5.91 Å². The summed E-state index contributed by atoms with van der Waals surface area (Å²) in [6, 6.07) is 8.10. The minimum atomic E-state index is -0.589. The fourth-order valence-corrected chi connectivity index (χ4v) is 4.19. The van der Waals surface area contributed by atoms with Crippen LogP contribution in [0.15, 0.2) is 40.1 Å². The Morgan fingerprint density at radius 2 is 1.97 bits per heavy atom. The first kappa shape index (κ1) is 19.6. The van der Waals surface area contributed by atoms with Gasteiger partial charge in [0.15, 0.2) is 0 Å². The summed E-state index contributed by atoms with van der Waals surface area (Å²) >= 11 is 1.46. The average Bonchev–Trinajstić information content (AvgIpc) is 3.25. The molecule has 1 aromatic heterocycles. The average molecular weight is 413 g/mol. The topological polar surface area (TPSA) is 144 Å². The lowest BCUT2D eigenvalue weighted by Gasteiger charge is -2.29. The van der Waals surface area contributed by atoms with Crippen molar-refractivity contribution in [1.29, 1.82) is 0 Å². The zero-order chi connectivity index (χ0) is 20.2. The number of anilines is 3. The van der Waals surface area contributed by atoms with Crippen LogP contribution in [0, 0.1) is 0 Å². The molecule has 1 unspecified atom stereocenters. The van der Waals surface area contributed by atoms with Gasteiger partial charge in [-0.25, -0.2) is 4.98 Å². The highest BCUT2D eigenvalue weighted by Crippen LogP contribution is 2.31. The highest BCUT2D eigenvalue weighted by molar-refractivity contribution is 7.98. The molecule has 3 atom stereocenters. The molecule has 0 saturated heterocycles. The van der Waals surface area contributed by atoms with E-state index in [4.69, 9.17) is 11.5 Å². The molecule has 6 N–H and O–H groups in total. The number of aromatic nitrogens is 2. The third-order valence-electron chi connectivity index (χ3n) is 5.22. The lowest BCUT2D eigenvalue weighted by molar-refractivity contribution is 0.100. The van der Waals surface area contributed by atoms with Crippen LogP contribution < -0.4 is 22.1 Å². The minimum absolute atomic E-state index is 0.0676. The quantitative estimate of drug-likeness (QED) is 0.533. The number of nitrogens with one attached hydrogen (secondary N) is 2. The first-order valence-electron chi connectivity index (χ1n) is 9.68. The first-order valence-corrected chi connectivity index (χ1v) is 10.6. The maximum atomic E-state index is 11.8. The molecule has 1 saturated carbocycles. The Morgan fingerprint density at radius 3 is 2.66 bits per heavy atom. The zero-order valence-corrected chi connectivity index (χ0v) is 16.7. The lowest BCUT2D eigenvalue weighted by Crippen LogP contribution is -2.43. The number of hydrogen-bond acceptors (Lipinski definition) is 9. The van der Waals surface area contributed by atoms with Crippen LogP contribution in [0.3, 0.4) is 0 Å². The second-order valence-corrected chi connectivity index (χ2v) is 8.03. The number of carbonyl (C=O) groups is 1. The summed E-state index contributed by atoms with van der Waals surface area (Å²) in [6.07, 6.45) is 5.67. The van der Waals surface area contributed by atoms with Crippen LogP contribution in [-0.2, 0) is 0 Å². The van der Waals surface area contributed by atoms with Crippen LogP contribution in [0.5, 0.6) is 0 Å². The van der Waals surface area contributed by atoms with E-state index in [1.54, 1.807) is 0 Å². The predicted molar refractivity (Wildman–Crippen MR) is 114 cm³/mol. The molecule has 4 rings (SSSR count). The van der Waals surface area contributed by atoms with E-state index in [0.29, 0.717) is 11.8 Å². The molecular formula is C19H24N8OS. The third kappa shape index (κ3) is 4.65. The van der Waals surface area contributed by atoms with Gasteiger partial charge in [0, 0.05) is 29.7 Å². The van der Waals surface area contributed by atoms with Gasteiger partial charge in [-0.05, 0) is 42.5 Å². The van der Waals surface area contributed by atoms with Crippen molar-refractivity contribution in [2.45, 2.75) is 43.8 Å². The highest BCUT2D eigenvalue weighted by Gasteiger charge is 2.23. The Morgan fingerprint density at radius 1 is 1.17 bits per heavy atom. The summed E-state index contributed by atoms with van der Waals surface area (Å²) in [5.74, 6) is 1.06. The summed E-state index contributed by atoms with van der Waals surface area (Å²) < 4.78 is 3.97. The summed E-state index contributed by atoms with van der Waals surface area (Å²) in [6.45, 7) is 0. The van der Waals surface area contributed by atoms with Crippen LogP contribution in [0.4, 0.5) is 17.5 Å². The molecule has 2 heterocycles. The predicted octanol–water partition coefficient (Wildman–Crippen LogP) is 3.16. The number of hydrogen-bond donors (Lipinski definition) is 4. The van der Waals surface area contributed by atoms with Crippen LogP contribution in [-0.4, -0.2) is 33.7 Å². The van der Waals surface area contributed by atoms with Gasteiger partial charge < -0.3 is 22.1 Å². The number of nitrogens with zero attached hydrogens (tertiary/aromatic N) is 4. The largest absolute Gasteiger partial charge is 0.365 e. The Balaban J connectivity index is 1.53. The second-order valence-electron chi connectivity index (χ2n) is 7.27. The number of primary amides is 1. The van der Waals surface area contributed by atoms with Crippen molar-refractivity contribution in [2.75, 3.05) is 16.4 Å². The van der Waals surface area contributed by atoms with Crippen molar-refractivity contribution >= 4 is 35.3 Å². The van der Waals surface area contributed by atoms with Gasteiger partial charge in [0.2, 0.25) is 5.95 Å². The normalized spacial score (nSPS) is 23.7. The van der Waals surface area contributed by atoms with Crippen LogP contribution in [0.25, 0.3) is 0 Å². The van der Waals surface area contributed by atoms with E-state index >= 15 is 0 Å². The molecule has 2 aromatic rings. The standard InChI is InChI=1S/C19H24N8OS/c20-14-3-1-2-4-15(14)24-19-22-9-13(17(21)28)18(25-19)23-12-7-5-11(6-8-12)16-10-29-27-26-16/h5-9,14-16H,1-4,10,20H2,(H2,21,28)(H2,22,23,24,25)/t14-,15+,16?/m0/s1. The molecule has 1 amide bonds. The minimum Gasteiger partial charge on any atom is -0.365 e. The molecule has 29 heavy (non-hydrogen) atoms. The van der Waals surface area contributed by atoms with Crippen LogP contribution in [0.2, 0.25) is 0 Å². The number of benzene rings is 1. The van der Waals surface area contributed by atoms with E-state index in [-0.39, 0.29) is 23.7 Å². The third-order valence-corrected chi connectivity index (χ3v) is 5.90. The first-order chi connectivity index (χ1) is 14.1. The SMILES string of the molecule is NC(=O)c1cnc(N[C@@H]2CCCC[C@@H]2N)nc1Nc1ccc(C2CSN=N2)cc1. The van der Waals surface area contributed by atoms with Crippen molar-refractivity contribution in [3.8, 4) is 0 Å². The Bertz CT molecular complexity index is 904. The van der Waals surface area contributed by atoms with Gasteiger partial charge in [-0.3, -0.25) is 4.79 Å². The molecule has 1 aromatic carbocycles. The van der Waals surface area contributed by atoms with Gasteiger partial charge in [0.1, 0.15) is 17.4 Å². The highest BCUT2D eigenvalue weighted by atomic mass is 32.2. The number of rotatable bonds is 6. The zero-order valence-electron chi connectivity index (χ0n) is 15.9. The number of nitrogens with two attached hydrogens (primary N) is 2. The van der Waals surface area contributed by atoms with Crippen LogP contribution in [0.1, 0.15) is 47.6 Å². The van der Waals surface area contributed by atoms with E-state index in [9.17, 15) is 4.79 Å². The van der Waals surface area contributed by atoms with Gasteiger partial charge in [-0.15, -0.1) is 4.52 Å². The van der Waals surface area contributed by atoms with E-state index in [1.165, 1.54) is 18.1 Å². The van der Waals surface area contributed by atoms with Crippen molar-refractivity contribution in [2.24, 2.45) is 21.1 Å². The molecule has 1 fully saturated rings. The Kier molecular flexibility index (Phi) is 5.91. The van der Waals surface area contributed by atoms with Crippen molar-refractivity contribution < 1.29 is 4.79 Å². The van der Waals surface area contributed by atoms with Gasteiger partial charge >= 0.3 is 0 Å². The van der Waals surface area contributed by atoms with E-state index in [2.05, 4.69) is 30.2 Å². The fraction of sp³-hybridized carbons (Fsp3) is 0.421. The summed E-state index contributed by atoms with van der Waals surface area (Å²) in [5, 5.41) is 10.7. The van der Waals surface area contributed by atoms with Crippen LogP contribution >= 0.6 is 11.9 Å². The maximum Gasteiger partial charge on any atom is 0.254 e. The van der Waals surface area contributed by atoms with Gasteiger partial charge in [0.25, 0.3) is 5.91 Å². The Hall–Kier alpha value is -2.72. The Labute approximate surface area is 173 Å². The maximum absolute atomic E-state index is 11.8. The molecule has 1 aliphatic heterocycles. The van der Waals surface area contributed by atoms with E-state index in [0.717, 1.165) is 42.7 Å². The summed E-state index contributed by atoms with van der Waals surface area (Å²) in [7, 11) is 0. The molecule has 0 spiro atoms. The molecule has 2 aliphatic rings. The number of amides is 1. The van der Waals surface area contributed by atoms with Crippen molar-refractivity contribution in [3.05, 3.63) is 41.6 Å². The molecule has 152 valence electrons. The molecule has 0 radical (unpaired) electrons. The fourth-order valence-electron chi connectivity index (χ4n) is 3.55. The van der Waals surface area contributed by atoms with Gasteiger partial charge in [-0.2, -0.15) is 10.1 Å². The van der Waals surface area contributed by atoms with E-state index in [1.807, 2.05) is 24.3 Å². The lowest BCUT2D eigenvalue weighted by atomic mass is 9.91. The van der Waals surface area contributed by atoms with Crippen molar-refractivity contribution in [3.63, 3.8) is 0 Å². The monoisotopic (exact) mass is 412 g/mol. The van der Waals surface area contributed by atoms with Gasteiger partial charge in [0.05, 0.1) is 0 Å². The van der Waals surface area contributed by atoms with Gasteiger partial charge in [-0.1, -0.05) is 25.0 Å².